The zero-order valence-corrected chi connectivity index (χ0v) is 19.5. The summed E-state index contributed by atoms with van der Waals surface area (Å²) < 4.78 is 6.89. The number of Topliss-reactive ketones (excluding diaryl/α,β-unsaturated/α-hetero) is 1. The molecule has 0 unspecified atom stereocenters. The van der Waals surface area contributed by atoms with Crippen molar-refractivity contribution in [3.05, 3.63) is 71.3 Å². The molecule has 0 radical (unpaired) electrons. The smallest absolute Gasteiger partial charge is 0.295 e. The van der Waals surface area contributed by atoms with Crippen LogP contribution in [0.5, 0.6) is 5.75 Å². The number of H-pyrrole nitrogens is 1. The molecule has 3 aromatic heterocycles. The lowest BCUT2D eigenvalue weighted by atomic mass is 10.1. The first-order valence-corrected chi connectivity index (χ1v) is 11.3. The number of amides is 2. The van der Waals surface area contributed by atoms with Crippen LogP contribution in [-0.2, 0) is 4.79 Å². The third-order valence-electron chi connectivity index (χ3n) is 5.96. The normalized spacial score (nSPS) is 13.8. The zero-order chi connectivity index (χ0) is 24.5. The number of nitrogens with zero attached hydrogens (tertiary/aromatic N) is 5. The number of hydrogen-bond acceptors (Lipinski definition) is 6. The Kier molecular flexibility index (Phi) is 5.96. The number of nitrogens with one attached hydrogen (secondary N) is 1. The summed E-state index contributed by atoms with van der Waals surface area (Å²) in [6.07, 6.45) is 5.99. The predicted molar refractivity (Wildman–Crippen MR) is 128 cm³/mol. The Morgan fingerprint density at radius 1 is 1.03 bits per heavy atom. The van der Waals surface area contributed by atoms with Crippen molar-refractivity contribution in [3.8, 4) is 11.6 Å². The molecule has 1 N–H and O–H groups in total. The molecule has 10 nitrogen and oxygen atoms in total. The van der Waals surface area contributed by atoms with Crippen LogP contribution in [0.15, 0.2) is 55.1 Å². The number of fused-ring (bicyclic) bond motifs is 1. The first-order valence-electron chi connectivity index (χ1n) is 10.9. The van der Waals surface area contributed by atoms with Crippen LogP contribution in [0, 0.1) is 0 Å². The van der Waals surface area contributed by atoms with Gasteiger partial charge in [-0.2, -0.15) is 5.10 Å². The van der Waals surface area contributed by atoms with Crippen molar-refractivity contribution in [1.29, 1.82) is 0 Å². The third-order valence-corrected chi connectivity index (χ3v) is 6.15. The number of aromatic amines is 1. The van der Waals surface area contributed by atoms with Crippen molar-refractivity contribution in [2.24, 2.45) is 0 Å². The van der Waals surface area contributed by atoms with Crippen molar-refractivity contribution < 1.29 is 19.1 Å². The molecule has 1 aromatic carbocycles. The van der Waals surface area contributed by atoms with Gasteiger partial charge in [0.05, 0.1) is 47.2 Å². The van der Waals surface area contributed by atoms with Crippen molar-refractivity contribution >= 4 is 40.1 Å². The second kappa shape index (κ2) is 9.22. The first-order chi connectivity index (χ1) is 17.0. The predicted octanol–water partition coefficient (Wildman–Crippen LogP) is 2.58. The van der Waals surface area contributed by atoms with E-state index in [0.717, 1.165) is 0 Å². The lowest BCUT2D eigenvalue weighted by molar-refractivity contribution is -0.127. The van der Waals surface area contributed by atoms with Gasteiger partial charge < -0.3 is 19.5 Å². The number of aromatic nitrogens is 4. The van der Waals surface area contributed by atoms with Gasteiger partial charge in [0.25, 0.3) is 17.6 Å². The number of ether oxygens (including phenoxy) is 1. The average molecular weight is 493 g/mol. The summed E-state index contributed by atoms with van der Waals surface area (Å²) >= 11 is 5.99. The summed E-state index contributed by atoms with van der Waals surface area (Å²) in [5.41, 5.74) is 1.25. The molecule has 1 aliphatic rings. The third kappa shape index (κ3) is 4.12. The Morgan fingerprint density at radius 3 is 2.40 bits per heavy atom. The van der Waals surface area contributed by atoms with Crippen LogP contribution < -0.4 is 4.74 Å². The van der Waals surface area contributed by atoms with Gasteiger partial charge in [-0.25, -0.2) is 9.67 Å². The summed E-state index contributed by atoms with van der Waals surface area (Å²) in [4.78, 5) is 49.6. The molecule has 4 heterocycles. The molecule has 4 aromatic rings. The number of ketones is 1. The fourth-order valence-electron chi connectivity index (χ4n) is 4.16. The Bertz CT molecular complexity index is 1420. The van der Waals surface area contributed by atoms with E-state index in [1.165, 1.54) is 35.3 Å². The monoisotopic (exact) mass is 492 g/mol. The maximum atomic E-state index is 13.3. The van der Waals surface area contributed by atoms with E-state index in [9.17, 15) is 14.4 Å². The summed E-state index contributed by atoms with van der Waals surface area (Å²) in [7, 11) is 1.47. The minimum Gasteiger partial charge on any atom is -0.494 e. The van der Waals surface area contributed by atoms with E-state index in [4.69, 9.17) is 16.3 Å². The molecule has 0 saturated carbocycles. The Labute approximate surface area is 205 Å². The van der Waals surface area contributed by atoms with Gasteiger partial charge in [0.15, 0.2) is 5.82 Å². The summed E-state index contributed by atoms with van der Waals surface area (Å²) in [5, 5.41) is 5.03. The van der Waals surface area contributed by atoms with Gasteiger partial charge in [-0.15, -0.1) is 0 Å². The highest BCUT2D eigenvalue weighted by Gasteiger charge is 2.31. The molecule has 5 rings (SSSR count). The number of rotatable bonds is 5. The molecule has 0 atom stereocenters. The highest BCUT2D eigenvalue weighted by Crippen LogP contribution is 2.32. The van der Waals surface area contributed by atoms with Crippen molar-refractivity contribution in [2.45, 2.75) is 0 Å². The fraction of sp³-hybridized carbons (Fsp3) is 0.208. The largest absolute Gasteiger partial charge is 0.494 e. The van der Waals surface area contributed by atoms with Crippen LogP contribution in [0.1, 0.15) is 20.7 Å². The number of halogens is 1. The van der Waals surface area contributed by atoms with Gasteiger partial charge in [0.1, 0.15) is 5.75 Å². The van der Waals surface area contributed by atoms with Gasteiger partial charge in [-0.1, -0.05) is 29.8 Å². The second-order valence-electron chi connectivity index (χ2n) is 7.99. The van der Waals surface area contributed by atoms with E-state index in [1.54, 1.807) is 23.2 Å². The molecular formula is C24H21ClN6O4. The highest BCUT2D eigenvalue weighted by molar-refractivity contribution is 6.45. The molecule has 1 saturated heterocycles. The number of benzene rings is 1. The molecule has 0 spiro atoms. The topological polar surface area (TPSA) is 113 Å². The van der Waals surface area contributed by atoms with Gasteiger partial charge in [-0.3, -0.25) is 14.4 Å². The van der Waals surface area contributed by atoms with Crippen LogP contribution >= 0.6 is 11.6 Å². The number of carbonyl (C=O) groups excluding carboxylic acids is 3. The highest BCUT2D eigenvalue weighted by atomic mass is 35.5. The SMILES string of the molecule is COc1cnc(-n2cc(Cl)cn2)c2[nH]cc(C(=O)C(=O)N3CCN(C(=O)c4ccccc4)CC3)c12. The van der Waals surface area contributed by atoms with Crippen LogP contribution in [0.2, 0.25) is 5.02 Å². The van der Waals surface area contributed by atoms with E-state index < -0.39 is 11.7 Å². The lowest BCUT2D eigenvalue weighted by Gasteiger charge is -2.34. The molecule has 1 aliphatic heterocycles. The molecule has 0 aliphatic carbocycles. The van der Waals surface area contributed by atoms with E-state index in [0.29, 0.717) is 46.1 Å². The Hall–Kier alpha value is -4.18. The number of methoxy groups -OCH3 is 1. The molecule has 0 bridgehead atoms. The van der Waals surface area contributed by atoms with Crippen LogP contribution in [-0.4, -0.2) is 80.4 Å². The van der Waals surface area contributed by atoms with Gasteiger partial charge in [-0.05, 0) is 12.1 Å². The Morgan fingerprint density at radius 2 is 1.74 bits per heavy atom. The minimum atomic E-state index is -0.673. The standard InChI is InChI=1S/C24H21ClN6O4/c1-35-18-13-27-22(31-14-16(25)11-28-31)20-19(18)17(12-26-20)21(32)24(34)30-9-7-29(8-10-30)23(33)15-5-3-2-4-6-15/h2-6,11-14,26H,7-10H2,1H3. The summed E-state index contributed by atoms with van der Waals surface area (Å²) in [5.74, 6) is -0.651. The van der Waals surface area contributed by atoms with E-state index in [2.05, 4.69) is 15.1 Å². The average Bonchev–Trinajstić information content (AvgIpc) is 3.54. The fourth-order valence-corrected chi connectivity index (χ4v) is 4.30. The molecule has 2 amide bonds. The molecule has 178 valence electrons. The summed E-state index contributed by atoms with van der Waals surface area (Å²) in [6, 6.07) is 8.98. The van der Waals surface area contributed by atoms with Crippen LogP contribution in [0.25, 0.3) is 16.7 Å². The number of piperazine rings is 1. The van der Waals surface area contributed by atoms with E-state index in [1.807, 2.05) is 18.2 Å². The van der Waals surface area contributed by atoms with E-state index >= 15 is 0 Å². The summed E-state index contributed by atoms with van der Waals surface area (Å²) in [6.45, 7) is 1.22. The maximum absolute atomic E-state index is 13.3. The van der Waals surface area contributed by atoms with Crippen molar-refractivity contribution in [2.75, 3.05) is 33.3 Å². The van der Waals surface area contributed by atoms with Gasteiger partial charge in [0, 0.05) is 37.9 Å². The number of carbonyl (C=O) groups is 3. The Balaban J connectivity index is 1.37. The lowest BCUT2D eigenvalue weighted by Crippen LogP contribution is -2.52. The van der Waals surface area contributed by atoms with Gasteiger partial charge >= 0.3 is 0 Å². The second-order valence-corrected chi connectivity index (χ2v) is 8.42. The minimum absolute atomic E-state index is 0.0934. The van der Waals surface area contributed by atoms with Crippen molar-refractivity contribution in [3.63, 3.8) is 0 Å². The van der Waals surface area contributed by atoms with Crippen LogP contribution in [0.3, 0.4) is 0 Å². The first kappa shape index (κ1) is 22.6. The van der Waals surface area contributed by atoms with E-state index in [-0.39, 0.29) is 24.6 Å². The molecule has 1 fully saturated rings. The molecule has 35 heavy (non-hydrogen) atoms. The number of hydrogen-bond donors (Lipinski definition) is 1. The van der Waals surface area contributed by atoms with Crippen molar-refractivity contribution in [1.82, 2.24) is 29.5 Å². The maximum Gasteiger partial charge on any atom is 0.295 e. The number of pyridine rings is 1. The molecular weight excluding hydrogens is 472 g/mol. The molecule has 11 heteroatoms. The quantitative estimate of drug-likeness (QED) is 0.338. The van der Waals surface area contributed by atoms with Crippen LogP contribution in [0.4, 0.5) is 0 Å². The zero-order valence-electron chi connectivity index (χ0n) is 18.8. The van der Waals surface area contributed by atoms with Gasteiger partial charge in [0.2, 0.25) is 0 Å².